The lowest BCUT2D eigenvalue weighted by Crippen LogP contribution is -2.45. The molecule has 0 bridgehead atoms. The number of fused-ring (bicyclic) bond motifs is 1. The fraction of sp³-hybridized carbons (Fsp3) is 0.316. The number of phenols is 1. The van der Waals surface area contributed by atoms with Crippen molar-refractivity contribution in [1.82, 2.24) is 10.6 Å². The first-order valence-corrected chi connectivity index (χ1v) is 8.53. The maximum atomic E-state index is 13.4. The zero-order valence-electron chi connectivity index (χ0n) is 14.9. The summed E-state index contributed by atoms with van der Waals surface area (Å²) in [4.78, 5) is 4.43. The predicted molar refractivity (Wildman–Crippen MR) is 113 cm³/mol. The number of nitrogens with zero attached hydrogens (tertiary/aromatic N) is 1. The fourth-order valence-corrected chi connectivity index (χ4v) is 2.54. The quantitative estimate of drug-likeness (QED) is 0.344. The molecule has 1 unspecified atom stereocenters. The maximum absolute atomic E-state index is 13.4. The van der Waals surface area contributed by atoms with Crippen molar-refractivity contribution in [2.24, 2.45) is 4.99 Å². The number of benzene rings is 2. The van der Waals surface area contributed by atoms with E-state index in [2.05, 4.69) is 15.6 Å². The second-order valence-corrected chi connectivity index (χ2v) is 5.86. The van der Waals surface area contributed by atoms with Crippen molar-refractivity contribution < 1.29 is 19.0 Å². The van der Waals surface area contributed by atoms with Crippen LogP contribution in [0.1, 0.15) is 12.5 Å². The van der Waals surface area contributed by atoms with Gasteiger partial charge in [-0.15, -0.1) is 24.0 Å². The van der Waals surface area contributed by atoms with Gasteiger partial charge in [-0.1, -0.05) is 18.2 Å². The fourth-order valence-electron chi connectivity index (χ4n) is 2.54. The van der Waals surface area contributed by atoms with E-state index in [1.54, 1.807) is 6.07 Å². The molecule has 0 radical (unpaired) electrons. The number of phenolic OH excluding ortho intramolecular Hbond substituents is 1. The van der Waals surface area contributed by atoms with Crippen LogP contribution < -0.4 is 20.1 Å². The summed E-state index contributed by atoms with van der Waals surface area (Å²) in [5.41, 5.74) is 0.670. The Morgan fingerprint density at radius 2 is 2.00 bits per heavy atom. The Hall–Kier alpha value is -2.23. The predicted octanol–water partition coefficient (Wildman–Crippen LogP) is 3.04. The first-order valence-electron chi connectivity index (χ1n) is 8.53. The standard InChI is InChI=1S/C19H22FN3O3.HI/c1-2-21-19(22-10-13-7-8-16(24)15(20)9-13)23-11-14-12-25-17-5-3-4-6-18(17)26-14;/h3-9,14,24H,2,10-12H2,1H3,(H2,21,22,23);1H. The molecule has 0 amide bonds. The van der Waals surface area contributed by atoms with Gasteiger partial charge in [-0.05, 0) is 36.8 Å². The molecule has 0 saturated carbocycles. The lowest BCUT2D eigenvalue weighted by atomic mass is 10.2. The van der Waals surface area contributed by atoms with E-state index in [1.807, 2.05) is 31.2 Å². The van der Waals surface area contributed by atoms with Crippen molar-refractivity contribution in [3.63, 3.8) is 0 Å². The first kappa shape index (κ1) is 21.1. The van der Waals surface area contributed by atoms with Gasteiger partial charge in [0.1, 0.15) is 12.7 Å². The van der Waals surface area contributed by atoms with Gasteiger partial charge in [0, 0.05) is 6.54 Å². The van der Waals surface area contributed by atoms with Gasteiger partial charge in [-0.3, -0.25) is 0 Å². The number of rotatable bonds is 5. The van der Waals surface area contributed by atoms with Crippen LogP contribution in [0.3, 0.4) is 0 Å². The Bertz CT molecular complexity index is 789. The number of para-hydroxylation sites is 2. The number of aliphatic imine (C=N–C) groups is 1. The molecule has 1 heterocycles. The van der Waals surface area contributed by atoms with Gasteiger partial charge in [0.25, 0.3) is 0 Å². The molecule has 1 aliphatic heterocycles. The number of halogens is 2. The highest BCUT2D eigenvalue weighted by Gasteiger charge is 2.20. The minimum atomic E-state index is -0.651. The summed E-state index contributed by atoms with van der Waals surface area (Å²) in [5, 5.41) is 15.6. The van der Waals surface area contributed by atoms with Gasteiger partial charge in [0.2, 0.25) is 0 Å². The van der Waals surface area contributed by atoms with E-state index in [0.29, 0.717) is 31.2 Å². The molecule has 2 aromatic rings. The Morgan fingerprint density at radius 1 is 1.22 bits per heavy atom. The number of hydrogen-bond acceptors (Lipinski definition) is 4. The molecule has 0 saturated heterocycles. The number of hydrogen-bond donors (Lipinski definition) is 3. The number of aromatic hydroxyl groups is 1. The Balaban J connectivity index is 0.00000261. The van der Waals surface area contributed by atoms with E-state index in [4.69, 9.17) is 9.47 Å². The van der Waals surface area contributed by atoms with Crippen LogP contribution in [0.4, 0.5) is 4.39 Å². The van der Waals surface area contributed by atoms with E-state index >= 15 is 0 Å². The van der Waals surface area contributed by atoms with Crippen LogP contribution in [0.15, 0.2) is 47.5 Å². The highest BCUT2D eigenvalue weighted by molar-refractivity contribution is 14.0. The van der Waals surface area contributed by atoms with Gasteiger partial charge in [0.05, 0.1) is 13.1 Å². The van der Waals surface area contributed by atoms with Crippen LogP contribution in [-0.4, -0.2) is 36.9 Å². The Kier molecular flexibility index (Phi) is 7.96. The van der Waals surface area contributed by atoms with E-state index in [-0.39, 0.29) is 42.4 Å². The third kappa shape index (κ3) is 5.88. The van der Waals surface area contributed by atoms with Gasteiger partial charge in [-0.2, -0.15) is 0 Å². The van der Waals surface area contributed by atoms with E-state index in [0.717, 1.165) is 11.5 Å². The second kappa shape index (κ2) is 10.2. The number of guanidine groups is 1. The summed E-state index contributed by atoms with van der Waals surface area (Å²) in [6, 6.07) is 11.8. The molecule has 0 spiro atoms. The normalized spacial score (nSPS) is 15.6. The van der Waals surface area contributed by atoms with Gasteiger partial charge < -0.3 is 25.2 Å². The SMILES string of the molecule is CCNC(=NCc1ccc(O)c(F)c1)NCC1COc2ccccc2O1.I. The van der Waals surface area contributed by atoms with Crippen molar-refractivity contribution in [3.05, 3.63) is 53.8 Å². The highest BCUT2D eigenvalue weighted by atomic mass is 127. The molecule has 0 fully saturated rings. The molecule has 0 aliphatic carbocycles. The average Bonchev–Trinajstić information content (AvgIpc) is 2.66. The summed E-state index contributed by atoms with van der Waals surface area (Å²) in [5.74, 6) is 1.06. The summed E-state index contributed by atoms with van der Waals surface area (Å²) >= 11 is 0. The van der Waals surface area contributed by atoms with Crippen LogP contribution in [0.2, 0.25) is 0 Å². The zero-order chi connectivity index (χ0) is 18.4. The van der Waals surface area contributed by atoms with Crippen LogP contribution in [0, 0.1) is 5.82 Å². The van der Waals surface area contributed by atoms with Gasteiger partial charge in [0.15, 0.2) is 29.0 Å². The summed E-state index contributed by atoms with van der Waals surface area (Å²) in [6.45, 7) is 3.92. The average molecular weight is 487 g/mol. The third-order valence-electron chi connectivity index (χ3n) is 3.84. The van der Waals surface area contributed by atoms with Crippen molar-refractivity contribution in [2.75, 3.05) is 19.7 Å². The third-order valence-corrected chi connectivity index (χ3v) is 3.84. The maximum Gasteiger partial charge on any atom is 0.191 e. The van der Waals surface area contributed by atoms with Gasteiger partial charge >= 0.3 is 0 Å². The molecule has 2 aromatic carbocycles. The molecule has 146 valence electrons. The van der Waals surface area contributed by atoms with Gasteiger partial charge in [-0.25, -0.2) is 9.38 Å². The van der Waals surface area contributed by atoms with Crippen molar-refractivity contribution >= 4 is 29.9 Å². The molecule has 3 N–H and O–H groups in total. The van der Waals surface area contributed by atoms with E-state index < -0.39 is 5.82 Å². The monoisotopic (exact) mass is 487 g/mol. The van der Waals surface area contributed by atoms with Crippen LogP contribution >= 0.6 is 24.0 Å². The van der Waals surface area contributed by atoms with Crippen molar-refractivity contribution in [2.45, 2.75) is 19.6 Å². The van der Waals surface area contributed by atoms with Crippen LogP contribution in [-0.2, 0) is 6.54 Å². The van der Waals surface area contributed by atoms with Crippen molar-refractivity contribution in [3.8, 4) is 17.2 Å². The number of nitrogens with one attached hydrogen (secondary N) is 2. The molecular weight excluding hydrogens is 464 g/mol. The number of ether oxygens (including phenoxy) is 2. The topological polar surface area (TPSA) is 75.1 Å². The molecule has 3 rings (SSSR count). The van der Waals surface area contributed by atoms with E-state index in [1.165, 1.54) is 12.1 Å². The molecule has 6 nitrogen and oxygen atoms in total. The lowest BCUT2D eigenvalue weighted by molar-refractivity contribution is 0.0936. The van der Waals surface area contributed by atoms with Crippen molar-refractivity contribution in [1.29, 1.82) is 0 Å². The second-order valence-electron chi connectivity index (χ2n) is 5.86. The molecule has 8 heteroatoms. The summed E-state index contributed by atoms with van der Waals surface area (Å²) < 4.78 is 25.0. The largest absolute Gasteiger partial charge is 0.505 e. The first-order chi connectivity index (χ1) is 12.7. The van der Waals surface area contributed by atoms with Crippen LogP contribution in [0.25, 0.3) is 0 Å². The Labute approximate surface area is 174 Å². The molecule has 1 aliphatic rings. The minimum absolute atomic E-state index is 0. The highest BCUT2D eigenvalue weighted by Crippen LogP contribution is 2.30. The summed E-state index contributed by atoms with van der Waals surface area (Å²) in [6.07, 6.45) is -0.139. The molecule has 27 heavy (non-hydrogen) atoms. The molecule has 1 atom stereocenters. The smallest absolute Gasteiger partial charge is 0.191 e. The minimum Gasteiger partial charge on any atom is -0.505 e. The van der Waals surface area contributed by atoms with Crippen LogP contribution in [0.5, 0.6) is 17.2 Å². The van der Waals surface area contributed by atoms with E-state index in [9.17, 15) is 9.50 Å². The Morgan fingerprint density at radius 3 is 2.74 bits per heavy atom. The lowest BCUT2D eigenvalue weighted by Gasteiger charge is -2.27. The summed E-state index contributed by atoms with van der Waals surface area (Å²) in [7, 11) is 0. The zero-order valence-corrected chi connectivity index (χ0v) is 17.3. The molecular formula is C19H23FIN3O3. The molecule has 0 aromatic heterocycles.